The van der Waals surface area contributed by atoms with E-state index in [0.717, 1.165) is 18.7 Å². The van der Waals surface area contributed by atoms with Gasteiger partial charge in [0.15, 0.2) is 0 Å². The summed E-state index contributed by atoms with van der Waals surface area (Å²) in [6.07, 6.45) is 2.16. The molecule has 3 fully saturated rings. The summed E-state index contributed by atoms with van der Waals surface area (Å²) in [6, 6.07) is 10.4. The van der Waals surface area contributed by atoms with E-state index in [0.29, 0.717) is 17.3 Å². The first-order valence-electron chi connectivity index (χ1n) is 7.49. The first-order chi connectivity index (χ1) is 9.48. The third kappa shape index (κ3) is 1.87. The first-order valence-corrected chi connectivity index (χ1v) is 7.49. The lowest BCUT2D eigenvalue weighted by Gasteiger charge is -2.64. The van der Waals surface area contributed by atoms with Crippen LogP contribution in [0.25, 0.3) is 0 Å². The molecule has 0 aliphatic heterocycles. The summed E-state index contributed by atoms with van der Waals surface area (Å²) in [4.78, 5) is 0. The van der Waals surface area contributed by atoms with Crippen molar-refractivity contribution in [2.75, 3.05) is 0 Å². The molecule has 0 heterocycles. The molecule has 1 aromatic carbocycles. The second kappa shape index (κ2) is 4.59. The normalized spacial score (nSPS) is 36.6. The maximum Gasteiger partial charge on any atom is 0.0774 e. The molecule has 2 N–H and O–H groups in total. The smallest absolute Gasteiger partial charge is 0.0774 e. The molecule has 3 saturated carbocycles. The molecule has 4 rings (SSSR count). The molecule has 0 aromatic heterocycles. The Labute approximate surface area is 121 Å². The van der Waals surface area contributed by atoms with E-state index < -0.39 is 0 Å². The van der Waals surface area contributed by atoms with Gasteiger partial charge in [0.25, 0.3) is 0 Å². The van der Waals surface area contributed by atoms with Gasteiger partial charge >= 0.3 is 0 Å². The molecule has 3 nitrogen and oxygen atoms in total. The number of hydrogen-bond donors (Lipinski definition) is 2. The zero-order valence-electron chi connectivity index (χ0n) is 12.6. The number of benzene rings is 1. The summed E-state index contributed by atoms with van der Waals surface area (Å²) < 4.78 is 0. The summed E-state index contributed by atoms with van der Waals surface area (Å²) >= 11 is 0. The van der Waals surface area contributed by atoms with Gasteiger partial charge in [0, 0.05) is 6.54 Å². The highest BCUT2D eigenvalue weighted by Crippen LogP contribution is 2.61. The highest BCUT2D eigenvalue weighted by atomic mass is 16.4. The minimum Gasteiger partial charge on any atom is -0.411 e. The van der Waals surface area contributed by atoms with Gasteiger partial charge in [-0.1, -0.05) is 49.3 Å². The summed E-state index contributed by atoms with van der Waals surface area (Å²) in [5.74, 6) is 1.22. The van der Waals surface area contributed by atoms with Crippen molar-refractivity contribution in [2.24, 2.45) is 22.4 Å². The summed E-state index contributed by atoms with van der Waals surface area (Å²) in [5.41, 5.74) is 2.34. The average Bonchev–Trinajstić information content (AvgIpc) is 2.46. The van der Waals surface area contributed by atoms with Gasteiger partial charge in [-0.3, -0.25) is 0 Å². The Morgan fingerprint density at radius 3 is 2.55 bits per heavy atom. The number of nitrogens with one attached hydrogen (secondary N) is 1. The minimum absolute atomic E-state index is 0.192. The SMILES string of the molecule is CC1(C)[C@H]2C/C(=N/O)[C@](C)(NCc3ccccc3)[C@H]1C2. The van der Waals surface area contributed by atoms with Crippen LogP contribution in [0.3, 0.4) is 0 Å². The highest BCUT2D eigenvalue weighted by Gasteiger charge is 2.62. The van der Waals surface area contributed by atoms with Crippen LogP contribution in [0.2, 0.25) is 0 Å². The lowest BCUT2D eigenvalue weighted by atomic mass is 9.43. The van der Waals surface area contributed by atoms with Crippen LogP contribution in [0.15, 0.2) is 35.5 Å². The number of rotatable bonds is 3. The van der Waals surface area contributed by atoms with Gasteiger partial charge < -0.3 is 10.5 Å². The molecule has 3 heteroatoms. The van der Waals surface area contributed by atoms with E-state index >= 15 is 0 Å². The van der Waals surface area contributed by atoms with Crippen molar-refractivity contribution < 1.29 is 5.21 Å². The van der Waals surface area contributed by atoms with Gasteiger partial charge in [-0.15, -0.1) is 0 Å². The van der Waals surface area contributed by atoms with Crippen LogP contribution >= 0.6 is 0 Å². The van der Waals surface area contributed by atoms with Crippen molar-refractivity contribution in [3.63, 3.8) is 0 Å². The van der Waals surface area contributed by atoms with Gasteiger partial charge in [-0.25, -0.2) is 0 Å². The van der Waals surface area contributed by atoms with Crippen molar-refractivity contribution in [3.05, 3.63) is 35.9 Å². The second-order valence-corrected chi connectivity index (χ2v) is 7.10. The van der Waals surface area contributed by atoms with E-state index in [-0.39, 0.29) is 5.54 Å². The highest BCUT2D eigenvalue weighted by molar-refractivity contribution is 5.95. The van der Waals surface area contributed by atoms with Gasteiger partial charge in [0.1, 0.15) is 0 Å². The van der Waals surface area contributed by atoms with Crippen molar-refractivity contribution in [1.82, 2.24) is 5.32 Å². The molecule has 0 unspecified atom stereocenters. The van der Waals surface area contributed by atoms with E-state index in [1.807, 2.05) is 6.07 Å². The van der Waals surface area contributed by atoms with E-state index in [2.05, 4.69) is 55.5 Å². The van der Waals surface area contributed by atoms with Crippen LogP contribution in [0.4, 0.5) is 0 Å². The number of nitrogens with zero attached hydrogens (tertiary/aromatic N) is 1. The molecule has 0 amide bonds. The van der Waals surface area contributed by atoms with Crippen LogP contribution < -0.4 is 5.32 Å². The number of hydrogen-bond acceptors (Lipinski definition) is 3. The Bertz CT molecular complexity index is 523. The minimum atomic E-state index is -0.192. The Balaban J connectivity index is 1.81. The molecule has 108 valence electrons. The Morgan fingerprint density at radius 2 is 1.95 bits per heavy atom. The molecule has 20 heavy (non-hydrogen) atoms. The number of fused-ring (bicyclic) bond motifs is 2. The summed E-state index contributed by atoms with van der Waals surface area (Å²) in [5, 5.41) is 16.7. The van der Waals surface area contributed by atoms with Crippen molar-refractivity contribution in [3.8, 4) is 0 Å². The molecule has 0 spiro atoms. The molecule has 3 aliphatic carbocycles. The molecule has 3 atom stereocenters. The largest absolute Gasteiger partial charge is 0.411 e. The monoisotopic (exact) mass is 272 g/mol. The predicted molar refractivity (Wildman–Crippen MR) is 80.9 cm³/mol. The van der Waals surface area contributed by atoms with Crippen LogP contribution in [0, 0.1) is 17.3 Å². The van der Waals surface area contributed by atoms with Gasteiger partial charge in [-0.2, -0.15) is 0 Å². The molecule has 0 radical (unpaired) electrons. The second-order valence-electron chi connectivity index (χ2n) is 7.10. The lowest BCUT2D eigenvalue weighted by Crippen LogP contribution is -2.70. The zero-order valence-corrected chi connectivity index (χ0v) is 12.6. The fraction of sp³-hybridized carbons (Fsp3) is 0.588. The molecule has 0 saturated heterocycles. The molecule has 2 bridgehead atoms. The number of oxime groups is 1. The summed E-state index contributed by atoms with van der Waals surface area (Å²) in [6.45, 7) is 7.71. The van der Waals surface area contributed by atoms with Crippen LogP contribution in [0.5, 0.6) is 0 Å². The Hall–Kier alpha value is -1.35. The quantitative estimate of drug-likeness (QED) is 0.654. The third-order valence-corrected chi connectivity index (χ3v) is 5.83. The van der Waals surface area contributed by atoms with E-state index in [1.54, 1.807) is 0 Å². The molecule has 3 aliphatic rings. The lowest BCUT2D eigenvalue weighted by molar-refractivity contribution is -0.0739. The zero-order chi connectivity index (χ0) is 14.4. The maximum atomic E-state index is 9.38. The topological polar surface area (TPSA) is 44.6 Å². The van der Waals surface area contributed by atoms with E-state index in [4.69, 9.17) is 0 Å². The fourth-order valence-corrected chi connectivity index (χ4v) is 4.24. The van der Waals surface area contributed by atoms with Crippen molar-refractivity contribution >= 4 is 5.71 Å². The first kappa shape index (κ1) is 13.6. The van der Waals surface area contributed by atoms with Crippen molar-refractivity contribution in [1.29, 1.82) is 0 Å². The van der Waals surface area contributed by atoms with Gasteiger partial charge in [0.05, 0.1) is 11.3 Å². The molecular formula is C17H24N2O. The van der Waals surface area contributed by atoms with Crippen LogP contribution in [0.1, 0.15) is 39.2 Å². The maximum absolute atomic E-state index is 9.38. The third-order valence-electron chi connectivity index (χ3n) is 5.83. The fourth-order valence-electron chi connectivity index (χ4n) is 4.24. The van der Waals surface area contributed by atoms with Crippen LogP contribution in [-0.2, 0) is 6.54 Å². The molecule has 1 aromatic rings. The van der Waals surface area contributed by atoms with E-state index in [9.17, 15) is 5.21 Å². The Kier molecular flexibility index (Phi) is 3.13. The van der Waals surface area contributed by atoms with Crippen LogP contribution in [-0.4, -0.2) is 16.5 Å². The van der Waals surface area contributed by atoms with E-state index in [1.165, 1.54) is 12.0 Å². The van der Waals surface area contributed by atoms with Gasteiger partial charge in [0.2, 0.25) is 0 Å². The van der Waals surface area contributed by atoms with Gasteiger partial charge in [-0.05, 0) is 42.6 Å². The summed E-state index contributed by atoms with van der Waals surface area (Å²) in [7, 11) is 0. The Morgan fingerprint density at radius 1 is 1.25 bits per heavy atom. The standard InChI is InChI=1S/C17H24N2O/c1-16(2)13-9-14(16)17(3,15(10-13)19-20)18-11-12-7-5-4-6-8-12/h4-8,13-14,18,20H,9-11H2,1-3H3/b19-15-/t13-,14+,17-/m1/s1. The molecular weight excluding hydrogens is 248 g/mol. The predicted octanol–water partition coefficient (Wildman–Crippen LogP) is 3.43. The average molecular weight is 272 g/mol. The van der Waals surface area contributed by atoms with Crippen molar-refractivity contribution in [2.45, 2.75) is 45.7 Å².